The zero-order valence-electron chi connectivity index (χ0n) is 18.6. The fourth-order valence-electron chi connectivity index (χ4n) is 3.90. The minimum Gasteiger partial charge on any atom is -0.352 e. The molecule has 166 valence electrons. The summed E-state index contributed by atoms with van der Waals surface area (Å²) in [5, 5.41) is 7.72. The van der Waals surface area contributed by atoms with Crippen LogP contribution in [0.5, 0.6) is 0 Å². The van der Waals surface area contributed by atoms with Crippen LogP contribution in [0, 0.1) is 0 Å². The molecule has 1 aliphatic rings. The largest absolute Gasteiger partial charge is 0.352 e. The van der Waals surface area contributed by atoms with Gasteiger partial charge in [-0.3, -0.25) is 9.89 Å². The summed E-state index contributed by atoms with van der Waals surface area (Å²) in [4.78, 5) is 13.4. The fourth-order valence-corrected chi connectivity index (χ4v) is 3.90. The monoisotopic (exact) mass is 429 g/mol. The van der Waals surface area contributed by atoms with Gasteiger partial charge in [-0.25, -0.2) is 9.67 Å². The van der Waals surface area contributed by atoms with E-state index in [0.29, 0.717) is 0 Å². The summed E-state index contributed by atoms with van der Waals surface area (Å²) in [5.74, 6) is 0.964. The molecule has 0 spiro atoms. The second-order valence-corrected chi connectivity index (χ2v) is 7.91. The summed E-state index contributed by atoms with van der Waals surface area (Å²) in [7, 11) is 1.86. The van der Waals surface area contributed by atoms with Crippen molar-refractivity contribution in [3.63, 3.8) is 0 Å². The van der Waals surface area contributed by atoms with Crippen molar-refractivity contribution in [2.75, 3.05) is 39.8 Å². The molecule has 0 unspecified atom stereocenters. The Morgan fingerprint density at radius 1 is 1.03 bits per heavy atom. The summed E-state index contributed by atoms with van der Waals surface area (Å²) in [6.45, 7) is 6.48. The molecule has 0 radical (unpaired) electrons. The van der Waals surface area contributed by atoms with E-state index in [1.807, 2.05) is 17.8 Å². The molecule has 1 aliphatic heterocycles. The molecule has 2 heterocycles. The number of benzene rings is 2. The van der Waals surface area contributed by atoms with E-state index in [2.05, 4.69) is 90.9 Å². The van der Waals surface area contributed by atoms with E-state index in [1.54, 1.807) is 12.7 Å². The van der Waals surface area contributed by atoms with Crippen molar-refractivity contribution >= 4 is 12.0 Å². The molecule has 0 bridgehead atoms. The van der Waals surface area contributed by atoms with Gasteiger partial charge in [-0.05, 0) is 16.7 Å². The van der Waals surface area contributed by atoms with E-state index < -0.39 is 0 Å². The topological polar surface area (TPSA) is 61.6 Å². The number of aromatic nitrogens is 3. The Bertz CT molecular complexity index is 1000. The molecule has 3 aromatic rings. The van der Waals surface area contributed by atoms with Crippen LogP contribution in [0.3, 0.4) is 0 Å². The highest BCUT2D eigenvalue weighted by Crippen LogP contribution is 2.08. The average molecular weight is 430 g/mol. The Morgan fingerprint density at radius 2 is 1.84 bits per heavy atom. The zero-order chi connectivity index (χ0) is 22.0. The number of rotatable bonds is 7. The number of hydrogen-bond donors (Lipinski definition) is 1. The second kappa shape index (κ2) is 11.2. The molecule has 0 atom stereocenters. The molecule has 1 fully saturated rings. The Hall–Kier alpha value is -3.45. The predicted molar refractivity (Wildman–Crippen MR) is 129 cm³/mol. The lowest BCUT2D eigenvalue weighted by Crippen LogP contribution is -2.52. The van der Waals surface area contributed by atoms with Gasteiger partial charge >= 0.3 is 0 Å². The van der Waals surface area contributed by atoms with Crippen LogP contribution in [0.15, 0.2) is 78.3 Å². The lowest BCUT2D eigenvalue weighted by Gasteiger charge is -2.36. The first-order valence-corrected chi connectivity index (χ1v) is 11.1. The van der Waals surface area contributed by atoms with E-state index in [9.17, 15) is 0 Å². The van der Waals surface area contributed by atoms with Crippen molar-refractivity contribution in [3.8, 4) is 0 Å². The van der Waals surface area contributed by atoms with Crippen LogP contribution in [0.1, 0.15) is 16.7 Å². The third-order valence-electron chi connectivity index (χ3n) is 5.61. The molecule has 0 aliphatic carbocycles. The molecule has 1 saturated heterocycles. The van der Waals surface area contributed by atoms with Gasteiger partial charge in [0.05, 0.1) is 6.54 Å². The van der Waals surface area contributed by atoms with Crippen LogP contribution in [-0.4, -0.2) is 70.3 Å². The Labute approximate surface area is 190 Å². The highest BCUT2D eigenvalue weighted by atomic mass is 15.3. The minimum absolute atomic E-state index is 0.725. The normalized spacial score (nSPS) is 15.4. The van der Waals surface area contributed by atoms with Crippen LogP contribution in [0.4, 0.5) is 0 Å². The third-order valence-corrected chi connectivity index (χ3v) is 5.61. The van der Waals surface area contributed by atoms with E-state index >= 15 is 0 Å². The van der Waals surface area contributed by atoms with E-state index in [-0.39, 0.29) is 0 Å². The van der Waals surface area contributed by atoms with E-state index in [1.165, 1.54) is 16.7 Å². The van der Waals surface area contributed by atoms with E-state index in [4.69, 9.17) is 0 Å². The van der Waals surface area contributed by atoms with Gasteiger partial charge in [-0.15, -0.1) is 0 Å². The number of aliphatic imine (C=N–C) groups is 1. The summed E-state index contributed by atoms with van der Waals surface area (Å²) in [5.41, 5.74) is 3.69. The zero-order valence-corrected chi connectivity index (χ0v) is 18.6. The number of piperazine rings is 1. The van der Waals surface area contributed by atoms with Gasteiger partial charge in [0.1, 0.15) is 12.7 Å². The van der Waals surface area contributed by atoms with Gasteiger partial charge in [0.15, 0.2) is 5.96 Å². The van der Waals surface area contributed by atoms with Crippen molar-refractivity contribution in [2.45, 2.75) is 13.1 Å². The quantitative estimate of drug-likeness (QED) is 0.462. The average Bonchev–Trinajstić information content (AvgIpc) is 3.34. The number of nitrogens with one attached hydrogen (secondary N) is 1. The van der Waals surface area contributed by atoms with Crippen LogP contribution >= 0.6 is 0 Å². The van der Waals surface area contributed by atoms with Gasteiger partial charge < -0.3 is 10.2 Å². The van der Waals surface area contributed by atoms with Crippen LogP contribution < -0.4 is 5.32 Å². The Kier molecular flexibility index (Phi) is 7.65. The molecule has 2 aromatic carbocycles. The predicted octanol–water partition coefficient (Wildman–Crippen LogP) is 2.73. The maximum absolute atomic E-state index is 4.51. The second-order valence-electron chi connectivity index (χ2n) is 7.91. The molecule has 0 saturated carbocycles. The minimum atomic E-state index is 0.725. The first-order chi connectivity index (χ1) is 15.8. The van der Waals surface area contributed by atoms with Crippen LogP contribution in [0.25, 0.3) is 6.08 Å². The molecule has 7 heteroatoms. The third kappa shape index (κ3) is 6.28. The highest BCUT2D eigenvalue weighted by Gasteiger charge is 2.18. The summed E-state index contributed by atoms with van der Waals surface area (Å²) >= 11 is 0. The lowest BCUT2D eigenvalue weighted by atomic mass is 10.1. The molecule has 4 rings (SSSR count). The molecule has 0 amide bonds. The molecular formula is C25H31N7. The summed E-state index contributed by atoms with van der Waals surface area (Å²) in [6, 6.07) is 19.0. The number of nitrogens with zero attached hydrogens (tertiary/aromatic N) is 6. The lowest BCUT2D eigenvalue weighted by molar-refractivity contribution is 0.194. The van der Waals surface area contributed by atoms with Gasteiger partial charge in [0, 0.05) is 46.3 Å². The molecule has 1 aromatic heterocycles. The van der Waals surface area contributed by atoms with Gasteiger partial charge in [-0.1, -0.05) is 66.7 Å². The maximum atomic E-state index is 4.51. The molecule has 1 N–H and O–H groups in total. The van der Waals surface area contributed by atoms with Crippen molar-refractivity contribution in [3.05, 3.63) is 90.0 Å². The van der Waals surface area contributed by atoms with Crippen molar-refractivity contribution in [1.29, 1.82) is 0 Å². The van der Waals surface area contributed by atoms with Crippen molar-refractivity contribution in [2.24, 2.45) is 4.99 Å². The van der Waals surface area contributed by atoms with Crippen LogP contribution in [-0.2, 0) is 13.1 Å². The Morgan fingerprint density at radius 3 is 2.59 bits per heavy atom. The smallest absolute Gasteiger partial charge is 0.194 e. The summed E-state index contributed by atoms with van der Waals surface area (Å²) < 4.78 is 1.83. The first-order valence-electron chi connectivity index (χ1n) is 11.1. The molecular weight excluding hydrogens is 398 g/mol. The van der Waals surface area contributed by atoms with Crippen molar-refractivity contribution in [1.82, 2.24) is 29.9 Å². The van der Waals surface area contributed by atoms with E-state index in [0.717, 1.165) is 51.8 Å². The number of hydrogen-bond acceptors (Lipinski definition) is 4. The molecule has 7 nitrogen and oxygen atoms in total. The van der Waals surface area contributed by atoms with Gasteiger partial charge in [0.2, 0.25) is 0 Å². The standard InChI is InChI=1S/C25H31N7/c1-26-25(28-18-23-9-5-10-24(17-23)19-32-21-27-20-29-32)31-15-13-30(14-16-31)12-6-11-22-7-3-2-4-8-22/h2-11,17,20-21H,12-16,18-19H2,1H3,(H,26,28)/b11-6+. The fraction of sp³-hybridized carbons (Fsp3) is 0.320. The summed E-state index contributed by atoms with van der Waals surface area (Å²) in [6.07, 6.45) is 7.76. The van der Waals surface area contributed by atoms with Crippen molar-refractivity contribution < 1.29 is 0 Å². The van der Waals surface area contributed by atoms with Gasteiger partial charge in [0.25, 0.3) is 0 Å². The SMILES string of the molecule is CN=C(NCc1cccc(Cn2cncn2)c1)N1CCN(C/C=C/c2ccccc2)CC1. The number of guanidine groups is 1. The van der Waals surface area contributed by atoms with Gasteiger partial charge in [-0.2, -0.15) is 5.10 Å². The maximum Gasteiger partial charge on any atom is 0.194 e. The molecule has 32 heavy (non-hydrogen) atoms. The Balaban J connectivity index is 1.23. The van der Waals surface area contributed by atoms with Crippen LogP contribution in [0.2, 0.25) is 0 Å². The highest BCUT2D eigenvalue weighted by molar-refractivity contribution is 5.80. The first kappa shape index (κ1) is 21.8.